The summed E-state index contributed by atoms with van der Waals surface area (Å²) in [5.74, 6) is -1.16. The second kappa shape index (κ2) is 11.3. The zero-order valence-electron chi connectivity index (χ0n) is 25.5. The third-order valence-corrected chi connectivity index (χ3v) is 12.2. The van der Waals surface area contributed by atoms with Crippen LogP contribution < -0.4 is 10.2 Å². The van der Waals surface area contributed by atoms with Gasteiger partial charge in [-0.1, -0.05) is 49.4 Å². The van der Waals surface area contributed by atoms with Crippen LogP contribution in [0.3, 0.4) is 0 Å². The average Bonchev–Trinajstić information content (AvgIpc) is 3.42. The normalized spacial score (nSPS) is 26.1. The van der Waals surface area contributed by atoms with E-state index in [1.165, 1.54) is 0 Å². The highest BCUT2D eigenvalue weighted by atomic mass is 28.4. The largest absolute Gasteiger partial charge is 0.432 e. The van der Waals surface area contributed by atoms with Crippen molar-refractivity contribution in [2.75, 3.05) is 23.9 Å². The lowest BCUT2D eigenvalue weighted by atomic mass is 9.82. The molecule has 10 heteroatoms. The molecule has 1 saturated heterocycles. The lowest BCUT2D eigenvalue weighted by Gasteiger charge is -2.37. The average molecular weight is 614 g/mol. The van der Waals surface area contributed by atoms with Crippen molar-refractivity contribution >= 4 is 37.4 Å². The Kier molecular flexibility index (Phi) is 7.73. The molecule has 6 rings (SSSR count). The molecule has 0 bridgehead atoms. The van der Waals surface area contributed by atoms with E-state index in [0.717, 1.165) is 11.1 Å². The summed E-state index contributed by atoms with van der Waals surface area (Å²) in [6.45, 7) is 5.78. The van der Waals surface area contributed by atoms with Gasteiger partial charge in [0.25, 0.3) is 11.8 Å². The van der Waals surface area contributed by atoms with Crippen LogP contribution in [0.25, 0.3) is 0 Å². The highest BCUT2D eigenvalue weighted by Crippen LogP contribution is 2.59. The molecular formula is C34H39N3O6Si. The van der Waals surface area contributed by atoms with Crippen LogP contribution in [0.4, 0.5) is 11.4 Å². The van der Waals surface area contributed by atoms with Crippen molar-refractivity contribution in [2.24, 2.45) is 5.92 Å². The second-order valence-electron chi connectivity index (χ2n) is 12.8. The Morgan fingerprint density at radius 2 is 1.73 bits per heavy atom. The molecule has 0 unspecified atom stereocenters. The van der Waals surface area contributed by atoms with E-state index in [2.05, 4.69) is 5.32 Å². The maximum Gasteiger partial charge on any atom is 0.264 e. The fourth-order valence-electron chi connectivity index (χ4n) is 7.59. The molecule has 0 radical (unpaired) electrons. The van der Waals surface area contributed by atoms with E-state index in [-0.39, 0.29) is 36.8 Å². The van der Waals surface area contributed by atoms with E-state index in [9.17, 15) is 24.3 Å². The van der Waals surface area contributed by atoms with Crippen LogP contribution in [0, 0.1) is 5.92 Å². The van der Waals surface area contributed by atoms with Crippen molar-refractivity contribution in [1.29, 1.82) is 0 Å². The van der Waals surface area contributed by atoms with Crippen LogP contribution in [0.5, 0.6) is 0 Å². The molecule has 1 spiro atoms. The number of carbonyl (C=O) groups excluding carboxylic acids is 3. The van der Waals surface area contributed by atoms with E-state index in [1.807, 2.05) is 50.3 Å². The Balaban J connectivity index is 1.33. The number of nitrogens with zero attached hydrogens (tertiary/aromatic N) is 2. The summed E-state index contributed by atoms with van der Waals surface area (Å²) in [6, 6.07) is 21.8. The fraction of sp³-hybridized carbons (Fsp3) is 0.382. The molecular weight excluding hydrogens is 574 g/mol. The molecule has 230 valence electrons. The number of hydrogen-bond donors (Lipinski definition) is 3. The lowest BCUT2D eigenvalue weighted by Crippen LogP contribution is -2.48. The Hall–Kier alpha value is -3.83. The van der Waals surface area contributed by atoms with Gasteiger partial charge in [0.05, 0.1) is 30.9 Å². The first kappa shape index (κ1) is 30.2. The molecule has 9 nitrogen and oxygen atoms in total. The summed E-state index contributed by atoms with van der Waals surface area (Å²) in [6.07, 6.45) is -0.183. The first-order valence-corrected chi connectivity index (χ1v) is 18.1. The number of aliphatic hydroxyl groups is 1. The van der Waals surface area contributed by atoms with Gasteiger partial charge < -0.3 is 29.8 Å². The number of carbonyl (C=O) groups is 3. The molecule has 44 heavy (non-hydrogen) atoms. The summed E-state index contributed by atoms with van der Waals surface area (Å²) < 4.78 is 6.78. The summed E-state index contributed by atoms with van der Waals surface area (Å²) in [5.41, 5.74) is 2.61. The number of likely N-dealkylation sites (N-methyl/N-ethyl adjacent to an activating group) is 1. The van der Waals surface area contributed by atoms with Gasteiger partial charge in [-0.05, 0) is 61.0 Å². The van der Waals surface area contributed by atoms with Gasteiger partial charge in [-0.25, -0.2) is 0 Å². The molecule has 3 amide bonds. The number of nitrogens with one attached hydrogen (secondary N) is 1. The Morgan fingerprint density at radius 1 is 1.05 bits per heavy atom. The highest BCUT2D eigenvalue weighted by molar-refractivity contribution is 6.71. The first-order valence-electron chi connectivity index (χ1n) is 15.1. The Labute approximate surface area is 258 Å². The van der Waals surface area contributed by atoms with Gasteiger partial charge in [-0.3, -0.25) is 14.4 Å². The van der Waals surface area contributed by atoms with Gasteiger partial charge in [0.2, 0.25) is 5.91 Å². The number of aliphatic hydroxyl groups excluding tert-OH is 1. The number of anilines is 2. The van der Waals surface area contributed by atoms with E-state index < -0.39 is 31.5 Å². The van der Waals surface area contributed by atoms with Gasteiger partial charge in [0, 0.05) is 41.9 Å². The third kappa shape index (κ3) is 4.95. The maximum atomic E-state index is 14.1. The molecule has 1 fully saturated rings. The quantitative estimate of drug-likeness (QED) is 0.361. The standard InChI is InChI=1S/C34H39N3O6Si/c1-21-31(44(3,4)42)29(18-30(39)37-19-24-13-9-8-12-23(24)16-26(37)20-38)43-34(21)27-17-25(14-15-28(27)36(2)33(34)41)35-32(40)22-10-6-5-7-11-22/h5-15,17,21,26,29,31,38,42H,16,18-20H2,1-4H3,(H,35,40)/t21-,26-,29+,31-,34+/m0/s1. The van der Waals surface area contributed by atoms with E-state index in [0.29, 0.717) is 35.5 Å². The zero-order valence-corrected chi connectivity index (χ0v) is 26.5. The van der Waals surface area contributed by atoms with Crippen molar-refractivity contribution in [3.05, 3.63) is 95.1 Å². The molecule has 0 aromatic heterocycles. The smallest absolute Gasteiger partial charge is 0.264 e. The highest BCUT2D eigenvalue weighted by Gasteiger charge is 2.66. The predicted molar refractivity (Wildman–Crippen MR) is 170 cm³/mol. The van der Waals surface area contributed by atoms with Crippen LogP contribution in [0.1, 0.15) is 40.4 Å². The molecule has 3 aliphatic heterocycles. The van der Waals surface area contributed by atoms with Crippen molar-refractivity contribution in [1.82, 2.24) is 4.90 Å². The van der Waals surface area contributed by atoms with Crippen LogP contribution in [0.15, 0.2) is 72.8 Å². The van der Waals surface area contributed by atoms with Crippen LogP contribution in [-0.4, -0.2) is 66.6 Å². The SMILES string of the molecule is C[C@H]1[C@H]([Si](C)(C)O)[C@@H](CC(=O)N2Cc3ccccc3C[C@H]2CO)O[C@]12C(=O)N(C)c1ccc(NC(=O)c3ccccc3)cc12. The Bertz CT molecular complexity index is 1610. The van der Waals surface area contributed by atoms with E-state index in [1.54, 1.807) is 59.3 Å². The van der Waals surface area contributed by atoms with Gasteiger partial charge in [0.15, 0.2) is 13.9 Å². The molecule has 3 heterocycles. The summed E-state index contributed by atoms with van der Waals surface area (Å²) in [5, 5.41) is 13.1. The molecule has 3 aromatic carbocycles. The molecule has 3 aromatic rings. The van der Waals surface area contributed by atoms with Crippen LogP contribution in [0.2, 0.25) is 18.6 Å². The van der Waals surface area contributed by atoms with Crippen molar-refractivity contribution in [2.45, 2.75) is 62.7 Å². The molecule has 3 N–H and O–H groups in total. The minimum Gasteiger partial charge on any atom is -0.432 e. The van der Waals surface area contributed by atoms with Crippen LogP contribution >= 0.6 is 0 Å². The van der Waals surface area contributed by atoms with Crippen molar-refractivity contribution in [3.63, 3.8) is 0 Å². The number of rotatable bonds is 6. The number of amides is 3. The predicted octanol–water partition coefficient (Wildman–Crippen LogP) is 4.05. The molecule has 0 aliphatic carbocycles. The number of fused-ring (bicyclic) bond motifs is 3. The Morgan fingerprint density at radius 3 is 2.41 bits per heavy atom. The van der Waals surface area contributed by atoms with Gasteiger partial charge in [0.1, 0.15) is 0 Å². The van der Waals surface area contributed by atoms with E-state index in [4.69, 9.17) is 4.74 Å². The van der Waals surface area contributed by atoms with Crippen molar-refractivity contribution in [3.8, 4) is 0 Å². The number of benzene rings is 3. The minimum atomic E-state index is -2.99. The third-order valence-electron chi connectivity index (χ3n) is 9.67. The molecule has 5 atom stereocenters. The summed E-state index contributed by atoms with van der Waals surface area (Å²) in [4.78, 5) is 55.8. The monoisotopic (exact) mass is 613 g/mol. The second-order valence-corrected chi connectivity index (χ2v) is 16.8. The fourth-order valence-corrected chi connectivity index (χ4v) is 10.1. The van der Waals surface area contributed by atoms with Crippen LogP contribution in [-0.2, 0) is 32.9 Å². The lowest BCUT2D eigenvalue weighted by molar-refractivity contribution is -0.150. The zero-order chi connectivity index (χ0) is 31.4. The van der Waals surface area contributed by atoms with Crippen molar-refractivity contribution < 1.29 is 29.0 Å². The maximum absolute atomic E-state index is 14.1. The minimum absolute atomic E-state index is 0.0246. The molecule has 0 saturated carbocycles. The number of hydrogen-bond acceptors (Lipinski definition) is 6. The van der Waals surface area contributed by atoms with E-state index >= 15 is 0 Å². The van der Waals surface area contributed by atoms with Gasteiger partial charge >= 0.3 is 0 Å². The summed E-state index contributed by atoms with van der Waals surface area (Å²) in [7, 11) is -1.29. The summed E-state index contributed by atoms with van der Waals surface area (Å²) >= 11 is 0. The topological polar surface area (TPSA) is 119 Å². The van der Waals surface area contributed by atoms with Gasteiger partial charge in [-0.2, -0.15) is 0 Å². The van der Waals surface area contributed by atoms with Gasteiger partial charge in [-0.15, -0.1) is 0 Å². The molecule has 3 aliphatic rings. The number of ether oxygens (including phenoxy) is 1. The first-order chi connectivity index (χ1) is 21.0.